The van der Waals surface area contributed by atoms with Gasteiger partial charge in [-0.05, 0) is 17.7 Å². The summed E-state index contributed by atoms with van der Waals surface area (Å²) in [6.07, 6.45) is -0.995. The zero-order valence-electron chi connectivity index (χ0n) is 12.2. The molecule has 0 atom stereocenters. The highest BCUT2D eigenvalue weighted by atomic mass is 16.6. The van der Waals surface area contributed by atoms with Crippen LogP contribution in [-0.2, 0) is 16.1 Å². The smallest absolute Gasteiger partial charge is 0.417 e. The summed E-state index contributed by atoms with van der Waals surface area (Å²) in [5, 5.41) is 8.91. The zero-order chi connectivity index (χ0) is 16.7. The van der Waals surface area contributed by atoms with E-state index in [-0.39, 0.29) is 12.2 Å². The lowest BCUT2D eigenvalue weighted by molar-refractivity contribution is -0.137. The summed E-state index contributed by atoms with van der Waals surface area (Å²) in [7, 11) is 0. The Hall–Kier alpha value is -3.15. The van der Waals surface area contributed by atoms with Gasteiger partial charge >= 0.3 is 12.1 Å². The maximum atomic E-state index is 12.3. The molecule has 0 aliphatic rings. The number of rotatable bonds is 5. The first-order chi connectivity index (χ1) is 11.1. The van der Waals surface area contributed by atoms with Crippen molar-refractivity contribution in [2.45, 2.75) is 6.61 Å². The fraction of sp³-hybridized carbons (Fsp3) is 0.118. The summed E-state index contributed by atoms with van der Waals surface area (Å²) in [5.41, 5.74) is 0.952. The summed E-state index contributed by atoms with van der Waals surface area (Å²) in [5.74, 6) is -2.02. The lowest BCUT2D eigenvalue weighted by Gasteiger charge is -2.18. The molecule has 2 aromatic rings. The molecule has 1 N–H and O–H groups in total. The molecule has 0 heterocycles. The summed E-state index contributed by atoms with van der Waals surface area (Å²) in [4.78, 5) is 35.9. The van der Waals surface area contributed by atoms with E-state index in [1.807, 2.05) is 6.07 Å². The topological polar surface area (TPSA) is 83.9 Å². The fourth-order valence-corrected chi connectivity index (χ4v) is 1.89. The predicted octanol–water partition coefficient (Wildman–Crippen LogP) is 2.55. The molecular formula is C17H15NO5. The van der Waals surface area contributed by atoms with Crippen LogP contribution >= 0.6 is 0 Å². The minimum atomic E-state index is -1.30. The van der Waals surface area contributed by atoms with Crippen molar-refractivity contribution < 1.29 is 24.2 Å². The van der Waals surface area contributed by atoms with Crippen LogP contribution in [0.5, 0.6) is 0 Å². The van der Waals surface area contributed by atoms with Gasteiger partial charge in [-0.2, -0.15) is 0 Å². The van der Waals surface area contributed by atoms with Gasteiger partial charge in [0, 0.05) is 5.56 Å². The van der Waals surface area contributed by atoms with Crippen molar-refractivity contribution in [2.24, 2.45) is 0 Å². The van der Waals surface area contributed by atoms with Crippen LogP contribution in [-0.4, -0.2) is 34.5 Å². The van der Waals surface area contributed by atoms with E-state index in [2.05, 4.69) is 0 Å². The lowest BCUT2D eigenvalue weighted by Crippen LogP contribution is -2.40. The highest BCUT2D eigenvalue weighted by Gasteiger charge is 2.26. The molecule has 6 nitrogen and oxygen atoms in total. The molecule has 0 saturated carbocycles. The molecule has 23 heavy (non-hydrogen) atoms. The number of imide groups is 1. The average Bonchev–Trinajstić information content (AvgIpc) is 2.58. The Morgan fingerprint density at radius 3 is 2.04 bits per heavy atom. The second-order valence-corrected chi connectivity index (χ2v) is 4.69. The summed E-state index contributed by atoms with van der Waals surface area (Å²) in [6.45, 7) is -0.806. The van der Waals surface area contributed by atoms with Crippen LogP contribution in [0.4, 0.5) is 4.79 Å². The first kappa shape index (κ1) is 16.2. The normalized spacial score (nSPS) is 9.91. The van der Waals surface area contributed by atoms with E-state index in [9.17, 15) is 14.4 Å². The first-order valence-corrected chi connectivity index (χ1v) is 6.87. The quantitative estimate of drug-likeness (QED) is 0.917. The molecule has 2 aromatic carbocycles. The third-order valence-corrected chi connectivity index (χ3v) is 2.98. The third kappa shape index (κ3) is 4.67. The molecule has 0 spiro atoms. The molecule has 0 aliphatic carbocycles. The number of nitrogens with zero attached hydrogens (tertiary/aromatic N) is 1. The zero-order valence-corrected chi connectivity index (χ0v) is 12.2. The second-order valence-electron chi connectivity index (χ2n) is 4.69. The van der Waals surface area contributed by atoms with Crippen LogP contribution in [0, 0.1) is 0 Å². The number of aliphatic carboxylic acids is 1. The van der Waals surface area contributed by atoms with Gasteiger partial charge in [0.05, 0.1) is 0 Å². The van der Waals surface area contributed by atoms with Gasteiger partial charge in [-0.1, -0.05) is 48.5 Å². The molecule has 0 bridgehead atoms. The Morgan fingerprint density at radius 1 is 0.913 bits per heavy atom. The van der Waals surface area contributed by atoms with Gasteiger partial charge < -0.3 is 9.84 Å². The van der Waals surface area contributed by atoms with E-state index in [1.165, 1.54) is 12.1 Å². The highest BCUT2D eigenvalue weighted by molar-refractivity contribution is 6.04. The Bertz CT molecular complexity index is 685. The molecule has 2 rings (SSSR count). The number of hydrogen-bond acceptors (Lipinski definition) is 4. The van der Waals surface area contributed by atoms with Gasteiger partial charge in [-0.25, -0.2) is 9.69 Å². The van der Waals surface area contributed by atoms with Crippen molar-refractivity contribution in [3.8, 4) is 0 Å². The largest absolute Gasteiger partial charge is 0.480 e. The SMILES string of the molecule is O=C(O)CN(C(=O)OCc1ccccc1)C(=O)c1ccccc1. The van der Waals surface area contributed by atoms with Crippen molar-refractivity contribution in [3.05, 3.63) is 71.8 Å². The van der Waals surface area contributed by atoms with Gasteiger partial charge in [-0.3, -0.25) is 9.59 Å². The van der Waals surface area contributed by atoms with Crippen LogP contribution in [0.1, 0.15) is 15.9 Å². The number of carboxylic acid groups (broad SMARTS) is 1. The van der Waals surface area contributed by atoms with Gasteiger partial charge in [0.25, 0.3) is 5.91 Å². The van der Waals surface area contributed by atoms with E-state index in [0.717, 1.165) is 5.56 Å². The molecule has 118 valence electrons. The fourth-order valence-electron chi connectivity index (χ4n) is 1.89. The van der Waals surface area contributed by atoms with E-state index in [4.69, 9.17) is 9.84 Å². The monoisotopic (exact) mass is 313 g/mol. The maximum absolute atomic E-state index is 12.3. The van der Waals surface area contributed by atoms with Crippen molar-refractivity contribution >= 4 is 18.0 Å². The van der Waals surface area contributed by atoms with Crippen molar-refractivity contribution in [1.29, 1.82) is 0 Å². The first-order valence-electron chi connectivity index (χ1n) is 6.87. The Morgan fingerprint density at radius 2 is 1.48 bits per heavy atom. The van der Waals surface area contributed by atoms with Crippen LogP contribution in [0.3, 0.4) is 0 Å². The molecule has 2 amide bonds. The highest BCUT2D eigenvalue weighted by Crippen LogP contribution is 2.08. The molecule has 0 aliphatic heterocycles. The van der Waals surface area contributed by atoms with Gasteiger partial charge in [0.2, 0.25) is 0 Å². The van der Waals surface area contributed by atoms with Gasteiger partial charge in [-0.15, -0.1) is 0 Å². The second kappa shape index (κ2) is 7.74. The van der Waals surface area contributed by atoms with Crippen LogP contribution in [0.2, 0.25) is 0 Å². The number of hydrogen-bond donors (Lipinski definition) is 1. The van der Waals surface area contributed by atoms with E-state index < -0.39 is 24.5 Å². The Balaban J connectivity index is 2.09. The van der Waals surface area contributed by atoms with Crippen molar-refractivity contribution in [1.82, 2.24) is 4.90 Å². The van der Waals surface area contributed by atoms with E-state index >= 15 is 0 Å². The molecule has 0 saturated heterocycles. The lowest BCUT2D eigenvalue weighted by atomic mass is 10.2. The minimum Gasteiger partial charge on any atom is -0.480 e. The van der Waals surface area contributed by atoms with E-state index in [0.29, 0.717) is 4.90 Å². The average molecular weight is 313 g/mol. The third-order valence-electron chi connectivity index (χ3n) is 2.98. The molecular weight excluding hydrogens is 298 g/mol. The number of carboxylic acids is 1. The number of benzene rings is 2. The Labute approximate surface area is 132 Å². The summed E-state index contributed by atoms with van der Waals surface area (Å²) >= 11 is 0. The minimum absolute atomic E-state index is 0.0438. The maximum Gasteiger partial charge on any atom is 0.417 e. The summed E-state index contributed by atoms with van der Waals surface area (Å²) in [6, 6.07) is 16.9. The molecule has 0 unspecified atom stereocenters. The van der Waals surface area contributed by atoms with Crippen LogP contribution in [0.15, 0.2) is 60.7 Å². The van der Waals surface area contributed by atoms with Gasteiger partial charge in [0.1, 0.15) is 13.2 Å². The summed E-state index contributed by atoms with van der Waals surface area (Å²) < 4.78 is 5.04. The molecule has 6 heteroatoms. The number of amides is 2. The predicted molar refractivity (Wildman–Crippen MR) is 81.7 cm³/mol. The van der Waals surface area contributed by atoms with Crippen LogP contribution in [0.25, 0.3) is 0 Å². The molecule has 0 aromatic heterocycles. The van der Waals surface area contributed by atoms with Gasteiger partial charge in [0.15, 0.2) is 0 Å². The van der Waals surface area contributed by atoms with Crippen molar-refractivity contribution in [3.63, 3.8) is 0 Å². The Kier molecular flexibility index (Phi) is 5.46. The number of ether oxygens (including phenoxy) is 1. The number of carbonyl (C=O) groups excluding carboxylic acids is 2. The molecule has 0 fully saturated rings. The molecule has 0 radical (unpaired) electrons. The van der Waals surface area contributed by atoms with Crippen molar-refractivity contribution in [2.75, 3.05) is 6.54 Å². The number of carbonyl (C=O) groups is 3. The standard InChI is InChI=1S/C17H15NO5/c19-15(20)11-18(16(21)14-9-5-2-6-10-14)17(22)23-12-13-7-3-1-4-8-13/h1-10H,11-12H2,(H,19,20). The van der Waals surface area contributed by atoms with Crippen LogP contribution < -0.4 is 0 Å². The van der Waals surface area contributed by atoms with E-state index in [1.54, 1.807) is 42.5 Å².